The van der Waals surface area contributed by atoms with Crippen molar-refractivity contribution in [2.45, 2.75) is 36.0 Å². The first-order chi connectivity index (χ1) is 17.7. The summed E-state index contributed by atoms with van der Waals surface area (Å²) in [4.78, 5) is 28.2. The smallest absolute Gasteiger partial charge is 0.248 e. The summed E-state index contributed by atoms with van der Waals surface area (Å²) in [5.74, 6) is -0.638. The average molecular weight is 524 g/mol. The van der Waals surface area contributed by atoms with Crippen molar-refractivity contribution in [2.24, 2.45) is 0 Å². The molecule has 1 aliphatic rings. The predicted octanol–water partition coefficient (Wildman–Crippen LogP) is 3.91. The highest BCUT2D eigenvalue weighted by Gasteiger charge is 2.49. The van der Waals surface area contributed by atoms with E-state index in [4.69, 9.17) is 14.2 Å². The van der Waals surface area contributed by atoms with Gasteiger partial charge in [0.25, 0.3) is 0 Å². The molecule has 0 saturated carbocycles. The Kier molecular flexibility index (Phi) is 7.54. The number of carbonyl (C=O) groups excluding carboxylic acids is 2. The Bertz CT molecular complexity index is 1400. The van der Waals surface area contributed by atoms with Crippen LogP contribution >= 0.6 is 0 Å². The number of amides is 2. The third-order valence-electron chi connectivity index (χ3n) is 6.59. The van der Waals surface area contributed by atoms with Crippen LogP contribution in [-0.2, 0) is 26.0 Å². The summed E-state index contributed by atoms with van der Waals surface area (Å²) in [5, 5.41) is -1.50. The molecule has 1 saturated heterocycles. The van der Waals surface area contributed by atoms with Crippen LogP contribution in [0.15, 0.2) is 71.6 Å². The molecular formula is C28H29NO7S. The van der Waals surface area contributed by atoms with Gasteiger partial charge >= 0.3 is 0 Å². The minimum absolute atomic E-state index is 0.0284. The molecule has 0 N–H and O–H groups in total. The first kappa shape index (κ1) is 26.2. The summed E-state index contributed by atoms with van der Waals surface area (Å²) >= 11 is 0. The van der Waals surface area contributed by atoms with Crippen molar-refractivity contribution in [3.8, 4) is 17.2 Å². The van der Waals surface area contributed by atoms with Gasteiger partial charge in [0, 0.05) is 12.3 Å². The molecule has 2 unspecified atom stereocenters. The Labute approximate surface area is 216 Å². The van der Waals surface area contributed by atoms with Gasteiger partial charge in [-0.15, -0.1) is 0 Å². The van der Waals surface area contributed by atoms with Crippen LogP contribution in [0.5, 0.6) is 17.2 Å². The molecule has 0 radical (unpaired) electrons. The lowest BCUT2D eigenvalue weighted by atomic mass is 9.87. The number of nitrogens with zero attached hydrogens (tertiary/aromatic N) is 1. The number of methoxy groups -OCH3 is 3. The molecule has 0 aliphatic carbocycles. The molecule has 37 heavy (non-hydrogen) atoms. The Morgan fingerprint density at radius 2 is 1.49 bits per heavy atom. The van der Waals surface area contributed by atoms with Crippen molar-refractivity contribution in [2.75, 3.05) is 21.3 Å². The first-order valence-corrected chi connectivity index (χ1v) is 13.2. The number of benzene rings is 3. The number of ether oxygens (including phenoxy) is 3. The number of hydrogen-bond donors (Lipinski definition) is 0. The van der Waals surface area contributed by atoms with Crippen LogP contribution in [0.1, 0.15) is 29.0 Å². The van der Waals surface area contributed by atoms with Crippen molar-refractivity contribution in [1.82, 2.24) is 4.90 Å². The summed E-state index contributed by atoms with van der Waals surface area (Å²) in [6.07, 6.45) is -0.160. The van der Waals surface area contributed by atoms with Gasteiger partial charge in [-0.2, -0.15) is 0 Å². The summed E-state index contributed by atoms with van der Waals surface area (Å²) in [7, 11) is 0.349. The Morgan fingerprint density at radius 1 is 0.838 bits per heavy atom. The van der Waals surface area contributed by atoms with E-state index in [0.29, 0.717) is 28.4 Å². The fourth-order valence-corrected chi connectivity index (χ4v) is 6.42. The molecule has 1 heterocycles. The maximum atomic E-state index is 13.9. The van der Waals surface area contributed by atoms with Gasteiger partial charge in [-0.05, 0) is 54.4 Å². The van der Waals surface area contributed by atoms with E-state index in [1.54, 1.807) is 61.7 Å². The maximum Gasteiger partial charge on any atom is 0.248 e. The number of imide groups is 1. The molecule has 1 aliphatic heterocycles. The SMILES string of the molecule is COc1ccc(CN2C(=O)CC(c3ccc(OC)c(OC)c3)C(S(=O)(=O)c3ccc(C)cc3)C2=O)cc1. The Morgan fingerprint density at radius 3 is 2.08 bits per heavy atom. The summed E-state index contributed by atoms with van der Waals surface area (Å²) < 4.78 is 43.7. The zero-order valence-corrected chi connectivity index (χ0v) is 21.9. The summed E-state index contributed by atoms with van der Waals surface area (Å²) in [6.45, 7) is 1.81. The first-order valence-electron chi connectivity index (χ1n) is 11.7. The standard InChI is InChI=1S/C28H29NO7S/c1-18-5-12-22(13-6-18)37(32,33)27-23(20-9-14-24(35-3)25(15-20)36-4)16-26(30)29(28(27)31)17-19-7-10-21(34-2)11-8-19/h5-15,23,27H,16-17H2,1-4H3. The third-order valence-corrected chi connectivity index (χ3v) is 8.72. The number of sulfone groups is 1. The van der Waals surface area contributed by atoms with Crippen LogP contribution in [0.2, 0.25) is 0 Å². The van der Waals surface area contributed by atoms with Crippen molar-refractivity contribution in [3.05, 3.63) is 83.4 Å². The van der Waals surface area contributed by atoms with E-state index < -0.39 is 32.8 Å². The van der Waals surface area contributed by atoms with Crippen LogP contribution in [0.4, 0.5) is 0 Å². The fraction of sp³-hybridized carbons (Fsp3) is 0.286. The molecule has 0 spiro atoms. The van der Waals surface area contributed by atoms with Crippen LogP contribution in [-0.4, -0.2) is 51.7 Å². The zero-order valence-electron chi connectivity index (χ0n) is 21.1. The number of aryl methyl sites for hydroxylation is 1. The van der Waals surface area contributed by atoms with Crippen LogP contribution in [0, 0.1) is 6.92 Å². The minimum Gasteiger partial charge on any atom is -0.497 e. The zero-order chi connectivity index (χ0) is 26.7. The average Bonchev–Trinajstić information content (AvgIpc) is 2.90. The maximum absolute atomic E-state index is 13.9. The lowest BCUT2D eigenvalue weighted by Gasteiger charge is -2.36. The fourth-order valence-electron chi connectivity index (χ4n) is 4.53. The third kappa shape index (κ3) is 5.17. The van der Waals surface area contributed by atoms with Gasteiger partial charge in [0.1, 0.15) is 5.75 Å². The highest BCUT2D eigenvalue weighted by molar-refractivity contribution is 7.92. The molecule has 2 amide bonds. The van der Waals surface area contributed by atoms with Crippen LogP contribution in [0.3, 0.4) is 0 Å². The number of likely N-dealkylation sites (tertiary alicyclic amines) is 1. The largest absolute Gasteiger partial charge is 0.497 e. The molecule has 0 bridgehead atoms. The Hall–Kier alpha value is -3.85. The quantitative estimate of drug-likeness (QED) is 0.413. The van der Waals surface area contributed by atoms with Gasteiger partial charge in [-0.3, -0.25) is 14.5 Å². The van der Waals surface area contributed by atoms with E-state index in [-0.39, 0.29) is 17.9 Å². The molecule has 194 valence electrons. The number of piperidine rings is 1. The number of hydrogen-bond acceptors (Lipinski definition) is 7. The molecule has 1 fully saturated rings. The van der Waals surface area contributed by atoms with E-state index in [1.165, 1.54) is 26.4 Å². The summed E-state index contributed by atoms with van der Waals surface area (Å²) in [5.41, 5.74) is 2.07. The van der Waals surface area contributed by atoms with E-state index >= 15 is 0 Å². The van der Waals surface area contributed by atoms with Gasteiger partial charge in [0.2, 0.25) is 11.8 Å². The van der Waals surface area contributed by atoms with Crippen molar-refractivity contribution < 1.29 is 32.2 Å². The number of carbonyl (C=O) groups is 2. The molecule has 2 atom stereocenters. The van der Waals surface area contributed by atoms with Gasteiger partial charge in [-0.1, -0.05) is 35.9 Å². The molecule has 9 heteroatoms. The van der Waals surface area contributed by atoms with E-state index in [0.717, 1.165) is 10.5 Å². The second-order valence-corrected chi connectivity index (χ2v) is 10.9. The van der Waals surface area contributed by atoms with Gasteiger partial charge < -0.3 is 14.2 Å². The second-order valence-electron chi connectivity index (χ2n) is 8.87. The molecule has 3 aromatic carbocycles. The van der Waals surface area contributed by atoms with Gasteiger partial charge in [0.15, 0.2) is 26.6 Å². The molecule has 8 nitrogen and oxygen atoms in total. The van der Waals surface area contributed by atoms with E-state index in [1.807, 2.05) is 6.92 Å². The lowest BCUT2D eigenvalue weighted by Crippen LogP contribution is -2.53. The monoisotopic (exact) mass is 523 g/mol. The number of rotatable bonds is 8. The van der Waals surface area contributed by atoms with E-state index in [9.17, 15) is 18.0 Å². The molecule has 4 rings (SSSR count). The predicted molar refractivity (Wildman–Crippen MR) is 138 cm³/mol. The molecule has 3 aromatic rings. The summed E-state index contributed by atoms with van der Waals surface area (Å²) in [6, 6.07) is 18.2. The lowest BCUT2D eigenvalue weighted by molar-refractivity contribution is -0.149. The minimum atomic E-state index is -4.16. The Balaban J connectivity index is 1.78. The highest BCUT2D eigenvalue weighted by atomic mass is 32.2. The molecular weight excluding hydrogens is 494 g/mol. The van der Waals surface area contributed by atoms with Crippen LogP contribution < -0.4 is 14.2 Å². The normalized spacial score (nSPS) is 18.0. The van der Waals surface area contributed by atoms with Crippen LogP contribution in [0.25, 0.3) is 0 Å². The van der Waals surface area contributed by atoms with Gasteiger partial charge in [0.05, 0.1) is 32.8 Å². The van der Waals surface area contributed by atoms with Crippen molar-refractivity contribution in [3.63, 3.8) is 0 Å². The molecule has 0 aromatic heterocycles. The van der Waals surface area contributed by atoms with Crippen molar-refractivity contribution in [1.29, 1.82) is 0 Å². The highest BCUT2D eigenvalue weighted by Crippen LogP contribution is 2.40. The van der Waals surface area contributed by atoms with Gasteiger partial charge in [-0.25, -0.2) is 8.42 Å². The second kappa shape index (κ2) is 10.6. The van der Waals surface area contributed by atoms with E-state index in [2.05, 4.69) is 0 Å². The van der Waals surface area contributed by atoms with Crippen molar-refractivity contribution >= 4 is 21.7 Å². The topological polar surface area (TPSA) is 99.2 Å².